The van der Waals surface area contributed by atoms with Gasteiger partial charge in [0.05, 0.1) is 12.3 Å². The molecule has 1 saturated heterocycles. The van der Waals surface area contributed by atoms with E-state index in [0.717, 1.165) is 26.1 Å². The molecule has 1 aliphatic rings. The molecular formula is C9H15N3O. The fraction of sp³-hybridized carbons (Fsp3) is 0.667. The highest BCUT2D eigenvalue weighted by Gasteiger charge is 2.21. The summed E-state index contributed by atoms with van der Waals surface area (Å²) in [5.41, 5.74) is 1.25. The lowest BCUT2D eigenvalue weighted by Crippen LogP contribution is -2.22. The predicted molar refractivity (Wildman–Crippen MR) is 49.3 cm³/mol. The molecule has 72 valence electrons. The Morgan fingerprint density at radius 2 is 2.69 bits per heavy atom. The van der Waals surface area contributed by atoms with Crippen molar-refractivity contribution in [2.45, 2.75) is 19.1 Å². The molecule has 0 spiro atoms. The minimum atomic E-state index is 0.423. The first-order valence-electron chi connectivity index (χ1n) is 4.61. The number of aromatic amines is 1. The van der Waals surface area contributed by atoms with Crippen molar-refractivity contribution >= 4 is 0 Å². The van der Waals surface area contributed by atoms with E-state index in [4.69, 9.17) is 4.74 Å². The summed E-state index contributed by atoms with van der Waals surface area (Å²) in [5, 5.41) is 6.74. The average Bonchev–Trinajstić information content (AvgIpc) is 2.76. The fourth-order valence-corrected chi connectivity index (χ4v) is 1.76. The highest BCUT2D eigenvalue weighted by atomic mass is 16.5. The third-order valence-corrected chi connectivity index (χ3v) is 2.52. The van der Waals surface area contributed by atoms with Crippen molar-refractivity contribution < 1.29 is 4.74 Å². The fourth-order valence-electron chi connectivity index (χ4n) is 1.76. The molecule has 0 saturated carbocycles. The molecule has 1 aliphatic heterocycles. The molecular weight excluding hydrogens is 166 g/mol. The summed E-state index contributed by atoms with van der Waals surface area (Å²) in [5.74, 6) is 0. The van der Waals surface area contributed by atoms with Gasteiger partial charge in [-0.25, -0.2) is 0 Å². The molecule has 1 fully saturated rings. The second-order valence-corrected chi connectivity index (χ2v) is 3.49. The van der Waals surface area contributed by atoms with Gasteiger partial charge in [-0.05, 0) is 6.42 Å². The maximum Gasteiger partial charge on any atom is 0.0710 e. The van der Waals surface area contributed by atoms with Crippen LogP contribution >= 0.6 is 0 Å². The highest BCUT2D eigenvalue weighted by molar-refractivity contribution is 5.02. The number of nitrogens with one attached hydrogen (secondary N) is 1. The molecule has 4 heteroatoms. The smallest absolute Gasteiger partial charge is 0.0710 e. The van der Waals surface area contributed by atoms with Crippen LogP contribution in [0.3, 0.4) is 0 Å². The molecule has 2 heterocycles. The van der Waals surface area contributed by atoms with E-state index in [-0.39, 0.29) is 0 Å². The largest absolute Gasteiger partial charge is 0.380 e. The molecule has 0 amide bonds. The van der Waals surface area contributed by atoms with Gasteiger partial charge in [0.1, 0.15) is 0 Å². The molecule has 2 rings (SSSR count). The summed E-state index contributed by atoms with van der Waals surface area (Å²) in [6, 6.07) is 0. The van der Waals surface area contributed by atoms with Crippen LogP contribution in [0.2, 0.25) is 0 Å². The Hall–Kier alpha value is -0.870. The van der Waals surface area contributed by atoms with E-state index in [0.29, 0.717) is 6.10 Å². The predicted octanol–water partition coefficient (Wildman–Crippen LogP) is 0.630. The molecule has 13 heavy (non-hydrogen) atoms. The van der Waals surface area contributed by atoms with Gasteiger partial charge in [0.15, 0.2) is 0 Å². The molecule has 0 aliphatic carbocycles. The Labute approximate surface area is 77.9 Å². The summed E-state index contributed by atoms with van der Waals surface area (Å²) in [4.78, 5) is 2.39. The number of H-pyrrole nitrogens is 1. The summed E-state index contributed by atoms with van der Waals surface area (Å²) in [7, 11) is 1.78. The van der Waals surface area contributed by atoms with Crippen molar-refractivity contribution in [3.05, 3.63) is 18.0 Å². The summed E-state index contributed by atoms with van der Waals surface area (Å²) < 4.78 is 5.30. The Morgan fingerprint density at radius 3 is 3.31 bits per heavy atom. The maximum atomic E-state index is 5.30. The van der Waals surface area contributed by atoms with Crippen LogP contribution in [0.5, 0.6) is 0 Å². The van der Waals surface area contributed by atoms with Gasteiger partial charge >= 0.3 is 0 Å². The lowest BCUT2D eigenvalue weighted by Gasteiger charge is -2.13. The van der Waals surface area contributed by atoms with E-state index >= 15 is 0 Å². The zero-order valence-electron chi connectivity index (χ0n) is 7.86. The van der Waals surface area contributed by atoms with Crippen LogP contribution in [0.1, 0.15) is 12.0 Å². The van der Waals surface area contributed by atoms with Crippen LogP contribution in [0.15, 0.2) is 12.4 Å². The number of methoxy groups -OCH3 is 1. The topological polar surface area (TPSA) is 41.1 Å². The zero-order chi connectivity index (χ0) is 9.10. The standard InChI is InChI=1S/C9H15N3O/c1-13-9-2-3-12(7-9)6-8-4-10-11-5-8/h4-5,9H,2-3,6-7H2,1H3,(H,10,11)/t9-/m1/s1. The summed E-state index contributed by atoms with van der Waals surface area (Å²) in [6.07, 6.45) is 5.39. The molecule has 0 unspecified atom stereocenters. The quantitative estimate of drug-likeness (QED) is 0.743. The van der Waals surface area contributed by atoms with Gasteiger partial charge < -0.3 is 4.74 Å². The third kappa shape index (κ3) is 2.08. The Kier molecular flexibility index (Phi) is 2.61. The van der Waals surface area contributed by atoms with Crippen LogP contribution < -0.4 is 0 Å². The van der Waals surface area contributed by atoms with Crippen molar-refractivity contribution in [3.8, 4) is 0 Å². The minimum Gasteiger partial charge on any atom is -0.380 e. The molecule has 0 bridgehead atoms. The lowest BCUT2D eigenvalue weighted by atomic mass is 10.3. The number of rotatable bonds is 3. The SMILES string of the molecule is CO[C@@H]1CCN(Cc2cn[nH]c2)C1. The van der Waals surface area contributed by atoms with Crippen molar-refractivity contribution in [2.24, 2.45) is 0 Å². The van der Waals surface area contributed by atoms with Gasteiger partial charge in [0, 0.05) is 38.5 Å². The van der Waals surface area contributed by atoms with Crippen LogP contribution in [-0.2, 0) is 11.3 Å². The number of nitrogens with zero attached hydrogens (tertiary/aromatic N) is 2. The van der Waals surface area contributed by atoms with Gasteiger partial charge in [0.2, 0.25) is 0 Å². The van der Waals surface area contributed by atoms with Crippen molar-refractivity contribution in [2.75, 3.05) is 20.2 Å². The first-order valence-corrected chi connectivity index (χ1v) is 4.61. The van der Waals surface area contributed by atoms with Crippen LogP contribution in [-0.4, -0.2) is 41.4 Å². The van der Waals surface area contributed by atoms with E-state index in [1.807, 2.05) is 12.4 Å². The van der Waals surface area contributed by atoms with Gasteiger partial charge in [0.25, 0.3) is 0 Å². The Morgan fingerprint density at radius 1 is 1.77 bits per heavy atom. The van der Waals surface area contributed by atoms with E-state index in [1.54, 1.807) is 7.11 Å². The summed E-state index contributed by atoms with van der Waals surface area (Å²) >= 11 is 0. The number of likely N-dealkylation sites (tertiary alicyclic amines) is 1. The van der Waals surface area contributed by atoms with Gasteiger partial charge in [-0.1, -0.05) is 0 Å². The number of aromatic nitrogens is 2. The Balaban J connectivity index is 1.84. The van der Waals surface area contributed by atoms with E-state index < -0.39 is 0 Å². The average molecular weight is 181 g/mol. The Bertz CT molecular complexity index is 247. The van der Waals surface area contributed by atoms with Crippen LogP contribution in [0.25, 0.3) is 0 Å². The van der Waals surface area contributed by atoms with E-state index in [1.165, 1.54) is 5.56 Å². The molecule has 0 aromatic carbocycles. The highest BCUT2D eigenvalue weighted by Crippen LogP contribution is 2.14. The van der Waals surface area contributed by atoms with Gasteiger partial charge in [-0.2, -0.15) is 5.10 Å². The lowest BCUT2D eigenvalue weighted by molar-refractivity contribution is 0.107. The van der Waals surface area contributed by atoms with Crippen LogP contribution in [0, 0.1) is 0 Å². The number of ether oxygens (including phenoxy) is 1. The number of hydrogen-bond donors (Lipinski definition) is 1. The van der Waals surface area contributed by atoms with Crippen molar-refractivity contribution in [1.82, 2.24) is 15.1 Å². The van der Waals surface area contributed by atoms with Gasteiger partial charge in [-0.3, -0.25) is 10.00 Å². The molecule has 0 radical (unpaired) electrons. The normalized spacial score (nSPS) is 23.9. The first-order chi connectivity index (χ1) is 6.38. The molecule has 1 aromatic heterocycles. The summed E-state index contributed by atoms with van der Waals surface area (Å²) in [6.45, 7) is 3.15. The molecule has 1 atom stereocenters. The van der Waals surface area contributed by atoms with Crippen molar-refractivity contribution in [1.29, 1.82) is 0 Å². The minimum absolute atomic E-state index is 0.423. The van der Waals surface area contributed by atoms with E-state index in [2.05, 4.69) is 15.1 Å². The molecule has 1 N–H and O–H groups in total. The first kappa shape index (κ1) is 8.72. The molecule has 4 nitrogen and oxygen atoms in total. The third-order valence-electron chi connectivity index (χ3n) is 2.52. The van der Waals surface area contributed by atoms with Crippen molar-refractivity contribution in [3.63, 3.8) is 0 Å². The maximum absolute atomic E-state index is 5.30. The second-order valence-electron chi connectivity index (χ2n) is 3.49. The van der Waals surface area contributed by atoms with Crippen LogP contribution in [0.4, 0.5) is 0 Å². The zero-order valence-corrected chi connectivity index (χ0v) is 7.86. The monoisotopic (exact) mass is 181 g/mol. The second kappa shape index (κ2) is 3.89. The van der Waals surface area contributed by atoms with E-state index in [9.17, 15) is 0 Å². The van der Waals surface area contributed by atoms with Gasteiger partial charge in [-0.15, -0.1) is 0 Å². The molecule has 1 aromatic rings. The number of hydrogen-bond acceptors (Lipinski definition) is 3.